The van der Waals surface area contributed by atoms with Crippen LogP contribution in [0.3, 0.4) is 0 Å². The van der Waals surface area contributed by atoms with E-state index in [9.17, 15) is 13.2 Å². The number of primary amides is 1. The van der Waals surface area contributed by atoms with E-state index in [1.165, 1.54) is 0 Å². The molecule has 2 atom stereocenters. The second kappa shape index (κ2) is 7.20. The van der Waals surface area contributed by atoms with Crippen molar-refractivity contribution in [3.8, 4) is 5.75 Å². The van der Waals surface area contributed by atoms with Gasteiger partial charge in [0.25, 0.3) is 0 Å². The minimum atomic E-state index is -3.70. The molecule has 1 saturated heterocycles. The van der Waals surface area contributed by atoms with Gasteiger partial charge in [0.15, 0.2) is 0 Å². The van der Waals surface area contributed by atoms with Crippen molar-refractivity contribution in [1.29, 1.82) is 0 Å². The summed E-state index contributed by atoms with van der Waals surface area (Å²) in [4.78, 5) is 15.7. The van der Waals surface area contributed by atoms with Crippen LogP contribution in [0.2, 0.25) is 0 Å². The van der Waals surface area contributed by atoms with Gasteiger partial charge in [-0.05, 0) is 17.7 Å². The van der Waals surface area contributed by atoms with E-state index in [4.69, 9.17) is 10.5 Å². The molecule has 2 N–H and O–H groups in total. The summed E-state index contributed by atoms with van der Waals surface area (Å²) in [6.45, 7) is 0.0810. The summed E-state index contributed by atoms with van der Waals surface area (Å²) in [6, 6.07) is 11.4. The average Bonchev–Trinajstić information content (AvgIpc) is 3.01. The van der Waals surface area contributed by atoms with Crippen LogP contribution in [0.1, 0.15) is 12.0 Å². The fraction of sp³-hybridized carbons (Fsp3) is 0.294. The van der Waals surface area contributed by atoms with Crippen molar-refractivity contribution < 1.29 is 17.9 Å². The van der Waals surface area contributed by atoms with E-state index < -0.39 is 28.1 Å². The van der Waals surface area contributed by atoms with Gasteiger partial charge in [0.2, 0.25) is 15.9 Å². The molecule has 2 aromatic rings. The van der Waals surface area contributed by atoms with Gasteiger partial charge in [-0.3, -0.25) is 9.78 Å². The van der Waals surface area contributed by atoms with Crippen LogP contribution in [0, 0.1) is 0 Å². The molecule has 25 heavy (non-hydrogen) atoms. The summed E-state index contributed by atoms with van der Waals surface area (Å²) in [6.07, 6.45) is 2.93. The smallest absolute Gasteiger partial charge is 0.236 e. The van der Waals surface area contributed by atoms with Crippen molar-refractivity contribution in [3.05, 3.63) is 60.4 Å². The van der Waals surface area contributed by atoms with Crippen LogP contribution in [0.4, 0.5) is 0 Å². The van der Waals surface area contributed by atoms with Crippen LogP contribution in [0.15, 0.2) is 54.9 Å². The van der Waals surface area contributed by atoms with Crippen molar-refractivity contribution in [2.24, 2.45) is 5.73 Å². The molecule has 0 bridgehead atoms. The lowest BCUT2D eigenvalue weighted by Crippen LogP contribution is -2.44. The van der Waals surface area contributed by atoms with Crippen molar-refractivity contribution in [1.82, 2.24) is 9.29 Å². The molecule has 0 unspecified atom stereocenters. The average molecular weight is 361 g/mol. The SMILES string of the molecule is NC(=O)[C@@H]1C[C@H](Oc2cccnc2)CN1S(=O)(=O)Cc1ccccc1. The third kappa shape index (κ3) is 4.15. The van der Waals surface area contributed by atoms with Crippen molar-refractivity contribution in [2.45, 2.75) is 24.3 Å². The number of sulfonamides is 1. The van der Waals surface area contributed by atoms with Crippen molar-refractivity contribution in [2.75, 3.05) is 6.54 Å². The first-order chi connectivity index (χ1) is 12.0. The number of hydrogen-bond donors (Lipinski definition) is 1. The van der Waals surface area contributed by atoms with Gasteiger partial charge in [-0.2, -0.15) is 4.31 Å². The molecule has 0 radical (unpaired) electrons. The van der Waals surface area contributed by atoms with Crippen LogP contribution < -0.4 is 10.5 Å². The Hall–Kier alpha value is -2.45. The maximum Gasteiger partial charge on any atom is 0.236 e. The van der Waals surface area contributed by atoms with E-state index in [2.05, 4.69) is 4.98 Å². The summed E-state index contributed by atoms with van der Waals surface area (Å²) < 4.78 is 32.4. The van der Waals surface area contributed by atoms with Gasteiger partial charge in [-0.1, -0.05) is 30.3 Å². The van der Waals surface area contributed by atoms with Crippen LogP contribution in [0.25, 0.3) is 0 Å². The standard InChI is InChI=1S/C17H19N3O4S/c18-17(21)16-9-15(24-14-7-4-8-19-10-14)11-20(16)25(22,23)12-13-5-2-1-3-6-13/h1-8,10,15-16H,9,11-12H2,(H2,18,21)/t15-,16-/m0/s1. The minimum absolute atomic E-state index is 0.0810. The number of ether oxygens (including phenoxy) is 1. The van der Waals surface area contributed by atoms with Crippen molar-refractivity contribution >= 4 is 15.9 Å². The van der Waals surface area contributed by atoms with Gasteiger partial charge in [-0.15, -0.1) is 0 Å². The van der Waals surface area contributed by atoms with E-state index >= 15 is 0 Å². The highest BCUT2D eigenvalue weighted by Gasteiger charge is 2.43. The highest BCUT2D eigenvalue weighted by atomic mass is 32.2. The van der Waals surface area contributed by atoms with E-state index in [1.54, 1.807) is 48.8 Å². The number of aromatic nitrogens is 1. The number of rotatable bonds is 6. The molecule has 8 heteroatoms. The summed E-state index contributed by atoms with van der Waals surface area (Å²) in [5.41, 5.74) is 6.08. The number of pyridine rings is 1. The molecular weight excluding hydrogens is 342 g/mol. The molecule has 0 aliphatic carbocycles. The van der Waals surface area contributed by atoms with Crippen molar-refractivity contribution in [3.63, 3.8) is 0 Å². The molecule has 1 fully saturated rings. The summed E-state index contributed by atoms with van der Waals surface area (Å²) in [5.74, 6) is -0.330. The molecule has 1 aromatic carbocycles. The normalized spacial score (nSPS) is 21.1. The molecule has 132 valence electrons. The molecule has 2 heterocycles. The fourth-order valence-electron chi connectivity index (χ4n) is 2.90. The number of nitrogens with zero attached hydrogens (tertiary/aromatic N) is 2. The number of carbonyl (C=O) groups excluding carboxylic acids is 1. The number of benzene rings is 1. The Morgan fingerprint density at radius 2 is 2.00 bits per heavy atom. The highest BCUT2D eigenvalue weighted by molar-refractivity contribution is 7.88. The Morgan fingerprint density at radius 3 is 2.64 bits per heavy atom. The molecule has 0 spiro atoms. The first-order valence-electron chi connectivity index (χ1n) is 7.85. The number of carbonyl (C=O) groups is 1. The van der Waals surface area contributed by atoms with E-state index in [0.717, 1.165) is 4.31 Å². The molecule has 1 aliphatic rings. The lowest BCUT2D eigenvalue weighted by Gasteiger charge is -2.21. The predicted molar refractivity (Wildman–Crippen MR) is 92.0 cm³/mol. The third-order valence-electron chi connectivity index (χ3n) is 4.03. The van der Waals surface area contributed by atoms with E-state index in [0.29, 0.717) is 11.3 Å². The fourth-order valence-corrected chi connectivity index (χ4v) is 4.65. The Bertz CT molecular complexity index is 827. The molecule has 1 aromatic heterocycles. The number of amides is 1. The molecular formula is C17H19N3O4S. The largest absolute Gasteiger partial charge is 0.487 e. The van der Waals surface area contributed by atoms with Gasteiger partial charge in [0.1, 0.15) is 17.9 Å². The number of hydrogen-bond acceptors (Lipinski definition) is 5. The molecule has 0 saturated carbocycles. The van der Waals surface area contributed by atoms with Gasteiger partial charge < -0.3 is 10.5 Å². The van der Waals surface area contributed by atoms with E-state index in [-0.39, 0.29) is 18.7 Å². The van der Waals surface area contributed by atoms with Gasteiger partial charge in [0.05, 0.1) is 18.5 Å². The summed E-state index contributed by atoms with van der Waals surface area (Å²) >= 11 is 0. The number of nitrogens with two attached hydrogens (primary N) is 1. The molecule has 7 nitrogen and oxygen atoms in total. The zero-order valence-electron chi connectivity index (χ0n) is 13.5. The zero-order chi connectivity index (χ0) is 17.9. The first kappa shape index (κ1) is 17.4. The second-order valence-corrected chi connectivity index (χ2v) is 7.82. The maximum absolute atomic E-state index is 12.8. The lowest BCUT2D eigenvalue weighted by atomic mass is 10.2. The topological polar surface area (TPSA) is 103 Å². The van der Waals surface area contributed by atoms with Gasteiger partial charge >= 0.3 is 0 Å². The van der Waals surface area contributed by atoms with Crippen LogP contribution in [-0.2, 0) is 20.6 Å². The zero-order valence-corrected chi connectivity index (χ0v) is 14.3. The third-order valence-corrected chi connectivity index (χ3v) is 5.85. The lowest BCUT2D eigenvalue weighted by molar-refractivity contribution is -0.121. The quantitative estimate of drug-likeness (QED) is 0.824. The van der Waals surface area contributed by atoms with Gasteiger partial charge in [0, 0.05) is 12.6 Å². The Labute approximate surface area is 146 Å². The van der Waals surface area contributed by atoms with Crippen LogP contribution in [0.5, 0.6) is 5.75 Å². The Kier molecular flexibility index (Phi) is 5.00. The summed E-state index contributed by atoms with van der Waals surface area (Å²) in [5, 5.41) is 0. The molecule has 1 aliphatic heterocycles. The molecule has 3 rings (SSSR count). The van der Waals surface area contributed by atoms with Gasteiger partial charge in [-0.25, -0.2) is 8.42 Å². The maximum atomic E-state index is 12.8. The predicted octanol–water partition coefficient (Wildman–Crippen LogP) is 0.919. The Morgan fingerprint density at radius 1 is 1.24 bits per heavy atom. The second-order valence-electron chi connectivity index (χ2n) is 5.89. The molecule has 1 amide bonds. The first-order valence-corrected chi connectivity index (χ1v) is 9.46. The van der Waals surface area contributed by atoms with Crippen LogP contribution >= 0.6 is 0 Å². The minimum Gasteiger partial charge on any atom is -0.487 e. The summed E-state index contributed by atoms with van der Waals surface area (Å²) in [7, 11) is -3.70. The Balaban J connectivity index is 1.77. The monoisotopic (exact) mass is 361 g/mol. The van der Waals surface area contributed by atoms with E-state index in [1.807, 2.05) is 6.07 Å². The van der Waals surface area contributed by atoms with Crippen LogP contribution in [-0.4, -0.2) is 42.3 Å². The highest BCUT2D eigenvalue weighted by Crippen LogP contribution is 2.26.